The number of benzene rings is 1. The predicted molar refractivity (Wildman–Crippen MR) is 72.9 cm³/mol. The van der Waals surface area contributed by atoms with Gasteiger partial charge in [-0.2, -0.15) is 0 Å². The van der Waals surface area contributed by atoms with E-state index in [0.717, 1.165) is 6.07 Å². The number of carbonyl (C=O) groups excluding carboxylic acids is 2. The summed E-state index contributed by atoms with van der Waals surface area (Å²) in [6.45, 7) is 1.36. The molecule has 1 aromatic carbocycles. The van der Waals surface area contributed by atoms with Gasteiger partial charge in [0.1, 0.15) is 5.82 Å². The molecule has 1 aromatic heterocycles. The van der Waals surface area contributed by atoms with Gasteiger partial charge in [0.25, 0.3) is 17.4 Å². The van der Waals surface area contributed by atoms with E-state index in [-0.39, 0.29) is 16.7 Å². The maximum Gasteiger partial charge on any atom is 0.262 e. The van der Waals surface area contributed by atoms with Crippen LogP contribution in [0, 0.1) is 18.6 Å². The normalized spacial score (nSPS) is 13.2. The Balaban J connectivity index is 2.38. The first-order valence-electron chi connectivity index (χ1n) is 6.19. The van der Waals surface area contributed by atoms with Crippen LogP contribution in [0.2, 0.25) is 0 Å². The van der Waals surface area contributed by atoms with E-state index in [1.807, 2.05) is 5.32 Å². The average Bonchev–Trinajstić information content (AvgIpc) is 2.73. The minimum atomic E-state index is -1.27. The molecule has 1 aliphatic heterocycles. The number of carbonyl (C=O) groups is 2. The molecule has 6 nitrogen and oxygen atoms in total. The Labute approximate surface area is 122 Å². The van der Waals surface area contributed by atoms with Crippen LogP contribution in [-0.4, -0.2) is 16.4 Å². The topological polar surface area (TPSA) is 94.2 Å². The summed E-state index contributed by atoms with van der Waals surface area (Å²) < 4.78 is 28.4. The van der Waals surface area contributed by atoms with Gasteiger partial charge in [-0.3, -0.25) is 24.3 Å². The van der Waals surface area contributed by atoms with Crippen LogP contribution >= 0.6 is 0 Å². The quantitative estimate of drug-likeness (QED) is 0.765. The van der Waals surface area contributed by atoms with E-state index in [9.17, 15) is 23.2 Å². The molecule has 0 saturated carbocycles. The van der Waals surface area contributed by atoms with Gasteiger partial charge in [0.2, 0.25) is 0 Å². The molecule has 0 radical (unpaired) electrons. The molecule has 2 aromatic rings. The van der Waals surface area contributed by atoms with Gasteiger partial charge >= 0.3 is 0 Å². The number of nitrogens with zero attached hydrogens (tertiary/aromatic N) is 1. The summed E-state index contributed by atoms with van der Waals surface area (Å²) in [4.78, 5) is 35.3. The van der Waals surface area contributed by atoms with Crippen molar-refractivity contribution in [2.45, 2.75) is 6.92 Å². The molecule has 0 bridgehead atoms. The zero-order valence-corrected chi connectivity index (χ0v) is 11.2. The third kappa shape index (κ3) is 1.73. The highest BCUT2D eigenvalue weighted by Gasteiger charge is 2.32. The maximum absolute atomic E-state index is 14.1. The second-order valence-electron chi connectivity index (χ2n) is 4.80. The molecule has 1 aliphatic rings. The highest BCUT2D eigenvalue weighted by atomic mass is 19.2. The van der Waals surface area contributed by atoms with Crippen molar-refractivity contribution in [3.63, 3.8) is 0 Å². The lowest BCUT2D eigenvalue weighted by Gasteiger charge is -2.13. The zero-order chi connectivity index (χ0) is 16.2. The lowest BCUT2D eigenvalue weighted by Crippen LogP contribution is -2.25. The second kappa shape index (κ2) is 4.48. The maximum atomic E-state index is 14.1. The highest BCUT2D eigenvalue weighted by Crippen LogP contribution is 2.25. The van der Waals surface area contributed by atoms with Gasteiger partial charge in [-0.25, -0.2) is 8.78 Å². The number of aromatic nitrogens is 1. The van der Waals surface area contributed by atoms with Gasteiger partial charge in [0.15, 0.2) is 11.6 Å². The van der Waals surface area contributed by atoms with Gasteiger partial charge in [0, 0.05) is 6.07 Å². The molecule has 22 heavy (non-hydrogen) atoms. The van der Waals surface area contributed by atoms with E-state index < -0.39 is 40.5 Å². The van der Waals surface area contributed by atoms with Gasteiger partial charge in [0.05, 0.1) is 16.8 Å². The van der Waals surface area contributed by atoms with Gasteiger partial charge in [-0.1, -0.05) is 6.07 Å². The van der Waals surface area contributed by atoms with Gasteiger partial charge in [-0.05, 0) is 18.6 Å². The van der Waals surface area contributed by atoms with Crippen molar-refractivity contribution >= 4 is 17.6 Å². The summed E-state index contributed by atoms with van der Waals surface area (Å²) in [7, 11) is 0. The number of hydrogen-bond acceptors (Lipinski definition) is 4. The Morgan fingerprint density at radius 3 is 2.45 bits per heavy atom. The number of halogens is 2. The Bertz CT molecular complexity index is 919. The lowest BCUT2D eigenvalue weighted by molar-refractivity contribution is 0.0880. The number of hydrogen-bond donors (Lipinski definition) is 2. The van der Waals surface area contributed by atoms with Crippen LogP contribution in [0.4, 0.5) is 14.6 Å². The molecular formula is C14H9F2N3O3. The molecule has 2 heterocycles. The molecule has 112 valence electrons. The van der Waals surface area contributed by atoms with Crippen LogP contribution in [0.5, 0.6) is 0 Å². The number of nitrogens with one attached hydrogen (secondary N) is 1. The summed E-state index contributed by atoms with van der Waals surface area (Å²) >= 11 is 0. The molecule has 0 spiro atoms. The van der Waals surface area contributed by atoms with Gasteiger partial charge in [-0.15, -0.1) is 0 Å². The molecule has 0 aliphatic carbocycles. The van der Waals surface area contributed by atoms with Crippen molar-refractivity contribution in [1.82, 2.24) is 9.88 Å². The SMILES string of the molecule is Cc1ccc(-n2c(N)c3c(cc2=O)C(=O)NC3=O)c(F)c1F. The van der Waals surface area contributed by atoms with Crippen molar-refractivity contribution in [1.29, 1.82) is 0 Å². The van der Waals surface area contributed by atoms with Crippen LogP contribution in [-0.2, 0) is 0 Å². The molecule has 2 amide bonds. The van der Waals surface area contributed by atoms with Crippen LogP contribution in [0.1, 0.15) is 26.3 Å². The molecule has 0 unspecified atom stereocenters. The largest absolute Gasteiger partial charge is 0.384 e. The first-order chi connectivity index (χ1) is 10.3. The number of anilines is 1. The van der Waals surface area contributed by atoms with E-state index in [0.29, 0.717) is 4.57 Å². The third-order valence-electron chi connectivity index (χ3n) is 3.45. The number of fused-ring (bicyclic) bond motifs is 1. The minimum Gasteiger partial charge on any atom is -0.384 e. The van der Waals surface area contributed by atoms with Crippen molar-refractivity contribution in [3.8, 4) is 5.69 Å². The summed E-state index contributed by atoms with van der Waals surface area (Å²) in [6, 6.07) is 3.31. The van der Waals surface area contributed by atoms with E-state index in [1.54, 1.807) is 0 Å². The van der Waals surface area contributed by atoms with Crippen LogP contribution in [0.15, 0.2) is 23.0 Å². The molecule has 3 rings (SSSR count). The van der Waals surface area contributed by atoms with Crippen LogP contribution in [0.3, 0.4) is 0 Å². The second-order valence-corrected chi connectivity index (χ2v) is 4.80. The van der Waals surface area contributed by atoms with E-state index in [1.165, 1.54) is 19.1 Å². The lowest BCUT2D eigenvalue weighted by atomic mass is 10.1. The standard InChI is InChI=1S/C14H9F2N3O3/c1-5-2-3-7(11(16)10(5)15)19-8(20)4-6-9(12(19)17)14(22)18-13(6)21/h2-4H,17H2,1H3,(H,18,21,22). The first-order valence-corrected chi connectivity index (χ1v) is 6.19. The van der Waals surface area contributed by atoms with Crippen molar-refractivity contribution in [3.05, 3.63) is 56.9 Å². The smallest absolute Gasteiger partial charge is 0.262 e. The Morgan fingerprint density at radius 2 is 1.77 bits per heavy atom. The fourth-order valence-electron chi connectivity index (χ4n) is 2.34. The van der Waals surface area contributed by atoms with Crippen LogP contribution < -0.4 is 16.6 Å². The Kier molecular flexibility index (Phi) is 2.84. The summed E-state index contributed by atoms with van der Waals surface area (Å²) in [6.07, 6.45) is 0. The minimum absolute atomic E-state index is 0.0574. The molecule has 8 heteroatoms. The average molecular weight is 305 g/mol. The van der Waals surface area contributed by atoms with Gasteiger partial charge < -0.3 is 5.73 Å². The zero-order valence-electron chi connectivity index (χ0n) is 11.2. The third-order valence-corrected chi connectivity index (χ3v) is 3.45. The summed E-state index contributed by atoms with van der Waals surface area (Å²) in [5, 5.41) is 1.99. The molecule has 0 saturated heterocycles. The fraction of sp³-hybridized carbons (Fsp3) is 0.0714. The molecular weight excluding hydrogens is 296 g/mol. The Morgan fingerprint density at radius 1 is 1.09 bits per heavy atom. The number of nitrogen functional groups attached to an aromatic ring is 1. The van der Waals surface area contributed by atoms with Crippen molar-refractivity contribution in [2.24, 2.45) is 0 Å². The fourth-order valence-corrected chi connectivity index (χ4v) is 2.34. The van der Waals surface area contributed by atoms with E-state index >= 15 is 0 Å². The Hall–Kier alpha value is -3.03. The molecule has 3 N–H and O–H groups in total. The summed E-state index contributed by atoms with van der Waals surface area (Å²) in [5.41, 5.74) is 4.11. The predicted octanol–water partition coefficient (Wildman–Crippen LogP) is 0.890. The number of aryl methyl sites for hydroxylation is 1. The number of imide groups is 1. The number of rotatable bonds is 1. The summed E-state index contributed by atoms with van der Waals surface area (Å²) in [5.74, 6) is -4.36. The van der Waals surface area contributed by atoms with Crippen LogP contribution in [0.25, 0.3) is 5.69 Å². The number of nitrogens with two attached hydrogens (primary N) is 1. The molecule has 0 atom stereocenters. The number of pyridine rings is 1. The van der Waals surface area contributed by atoms with E-state index in [2.05, 4.69) is 0 Å². The highest BCUT2D eigenvalue weighted by molar-refractivity contribution is 6.23. The van der Waals surface area contributed by atoms with E-state index in [4.69, 9.17) is 5.73 Å². The molecule has 0 fully saturated rings. The number of amides is 2. The van der Waals surface area contributed by atoms with Crippen molar-refractivity contribution in [2.75, 3.05) is 5.73 Å². The first kappa shape index (κ1) is 13.9. The monoisotopic (exact) mass is 305 g/mol. The van der Waals surface area contributed by atoms with Crippen molar-refractivity contribution < 1.29 is 18.4 Å².